The zero-order chi connectivity index (χ0) is 20.8. The van der Waals surface area contributed by atoms with Crippen LogP contribution in [-0.4, -0.2) is 45.0 Å². The van der Waals surface area contributed by atoms with Crippen molar-refractivity contribution >= 4 is 16.0 Å². The van der Waals surface area contributed by atoms with Crippen molar-refractivity contribution in [1.82, 2.24) is 4.72 Å². The van der Waals surface area contributed by atoms with Gasteiger partial charge in [-0.25, -0.2) is 17.9 Å². The second kappa shape index (κ2) is 13.7. The smallest absolute Gasteiger partial charge is 0.337 e. The molecule has 0 spiro atoms. The average Bonchev–Trinajstić information content (AvgIpc) is 2.69. The molecule has 0 saturated heterocycles. The third-order valence-electron chi connectivity index (χ3n) is 4.68. The standard InChI is InChI=1S/C21H35NO5S/c1-3-4-5-10-20(23)11-6-7-17-28(25,26)22-16-8-9-18-12-14-19(15-13-18)21(24)27-2/h12-15,20,22-23H,3-11,16-17H2,1-2H3. The van der Waals surface area contributed by atoms with Gasteiger partial charge in [-0.05, 0) is 56.2 Å². The fourth-order valence-corrected chi connectivity index (χ4v) is 4.15. The molecule has 0 radical (unpaired) electrons. The highest BCUT2D eigenvalue weighted by atomic mass is 32.2. The number of unbranched alkanes of at least 4 members (excludes halogenated alkanes) is 3. The maximum atomic E-state index is 12.0. The fraction of sp³-hybridized carbons (Fsp3) is 0.667. The number of esters is 1. The summed E-state index contributed by atoms with van der Waals surface area (Å²) in [6, 6.07) is 7.13. The molecule has 0 aliphatic rings. The molecule has 1 atom stereocenters. The minimum absolute atomic E-state index is 0.0997. The predicted octanol–water partition coefficient (Wildman–Crippen LogP) is 3.44. The molecule has 6 nitrogen and oxygen atoms in total. The Balaban J connectivity index is 2.17. The van der Waals surface area contributed by atoms with Crippen molar-refractivity contribution in [2.75, 3.05) is 19.4 Å². The number of benzene rings is 1. The van der Waals surface area contributed by atoms with Gasteiger partial charge in [-0.15, -0.1) is 0 Å². The van der Waals surface area contributed by atoms with Gasteiger partial charge in [0.15, 0.2) is 0 Å². The average molecular weight is 414 g/mol. The predicted molar refractivity (Wildman–Crippen MR) is 112 cm³/mol. The van der Waals surface area contributed by atoms with Crippen LogP contribution >= 0.6 is 0 Å². The minimum Gasteiger partial charge on any atom is -0.465 e. The van der Waals surface area contributed by atoms with E-state index in [4.69, 9.17) is 0 Å². The van der Waals surface area contributed by atoms with Gasteiger partial charge in [-0.1, -0.05) is 38.3 Å². The molecular formula is C21H35NO5S. The lowest BCUT2D eigenvalue weighted by Gasteiger charge is -2.10. The van der Waals surface area contributed by atoms with E-state index in [1.165, 1.54) is 7.11 Å². The molecule has 1 rings (SSSR count). The van der Waals surface area contributed by atoms with Crippen LogP contribution in [0.15, 0.2) is 24.3 Å². The maximum absolute atomic E-state index is 12.0. The first-order chi connectivity index (χ1) is 13.4. The second-order valence-electron chi connectivity index (χ2n) is 7.15. The zero-order valence-electron chi connectivity index (χ0n) is 17.2. The molecule has 0 aliphatic heterocycles. The third-order valence-corrected chi connectivity index (χ3v) is 6.15. The van der Waals surface area contributed by atoms with Crippen molar-refractivity contribution in [3.63, 3.8) is 0 Å². The Labute approximate surface area is 169 Å². The number of aliphatic hydroxyl groups excluding tert-OH is 1. The lowest BCUT2D eigenvalue weighted by molar-refractivity contribution is 0.0600. The Kier molecular flexibility index (Phi) is 12.0. The molecule has 0 bridgehead atoms. The van der Waals surface area contributed by atoms with Crippen molar-refractivity contribution < 1.29 is 23.1 Å². The summed E-state index contributed by atoms with van der Waals surface area (Å²) in [5, 5.41) is 9.86. The van der Waals surface area contributed by atoms with E-state index in [1.54, 1.807) is 12.1 Å². The van der Waals surface area contributed by atoms with Gasteiger partial charge >= 0.3 is 5.97 Å². The molecule has 0 amide bonds. The van der Waals surface area contributed by atoms with Crippen LogP contribution in [0.2, 0.25) is 0 Å². The first kappa shape index (κ1) is 24.6. The Bertz CT molecular complexity index is 658. The van der Waals surface area contributed by atoms with Crippen molar-refractivity contribution in [2.45, 2.75) is 70.8 Å². The quantitative estimate of drug-likeness (QED) is 0.339. The Morgan fingerprint density at radius 1 is 1.07 bits per heavy atom. The summed E-state index contributed by atoms with van der Waals surface area (Å²) in [6.45, 7) is 2.52. The molecule has 0 heterocycles. The molecule has 2 N–H and O–H groups in total. The molecule has 1 aromatic rings. The van der Waals surface area contributed by atoms with Crippen molar-refractivity contribution in [3.05, 3.63) is 35.4 Å². The summed E-state index contributed by atoms with van der Waals surface area (Å²) in [5.41, 5.74) is 1.55. The normalized spacial score (nSPS) is 12.7. The van der Waals surface area contributed by atoms with E-state index < -0.39 is 10.0 Å². The molecule has 0 aromatic heterocycles. The van der Waals surface area contributed by atoms with E-state index in [1.807, 2.05) is 12.1 Å². The van der Waals surface area contributed by atoms with Crippen LogP contribution < -0.4 is 4.72 Å². The highest BCUT2D eigenvalue weighted by molar-refractivity contribution is 7.89. The largest absolute Gasteiger partial charge is 0.465 e. The topological polar surface area (TPSA) is 92.7 Å². The highest BCUT2D eigenvalue weighted by Gasteiger charge is 2.11. The number of carbonyl (C=O) groups is 1. The SMILES string of the molecule is CCCCCC(O)CCCCS(=O)(=O)NCCCc1ccc(C(=O)OC)cc1. The molecule has 1 unspecified atom stereocenters. The molecule has 0 fully saturated rings. The van der Waals surface area contributed by atoms with Gasteiger partial charge < -0.3 is 9.84 Å². The summed E-state index contributed by atoms with van der Waals surface area (Å²) < 4.78 is 31.3. The number of hydrogen-bond acceptors (Lipinski definition) is 5. The first-order valence-electron chi connectivity index (χ1n) is 10.2. The number of aryl methyl sites for hydroxylation is 1. The van der Waals surface area contributed by atoms with Crippen LogP contribution in [0.1, 0.15) is 74.2 Å². The number of rotatable bonds is 15. The van der Waals surface area contributed by atoms with Gasteiger partial charge in [-0.3, -0.25) is 0 Å². The Hall–Kier alpha value is -1.44. The molecular weight excluding hydrogens is 378 g/mol. The van der Waals surface area contributed by atoms with E-state index in [9.17, 15) is 18.3 Å². The number of sulfonamides is 1. The third kappa shape index (κ3) is 10.8. The van der Waals surface area contributed by atoms with Crippen LogP contribution in [0.3, 0.4) is 0 Å². The summed E-state index contributed by atoms with van der Waals surface area (Å²) in [6.07, 6.45) is 7.16. The number of hydrogen-bond donors (Lipinski definition) is 2. The van der Waals surface area contributed by atoms with Gasteiger partial charge in [0.2, 0.25) is 10.0 Å². The molecule has 7 heteroatoms. The molecule has 160 valence electrons. The van der Waals surface area contributed by atoms with Gasteiger partial charge in [0.05, 0.1) is 24.5 Å². The number of ether oxygens (including phenoxy) is 1. The van der Waals surface area contributed by atoms with Crippen LogP contribution in [0.4, 0.5) is 0 Å². The zero-order valence-corrected chi connectivity index (χ0v) is 18.0. The van der Waals surface area contributed by atoms with Crippen molar-refractivity contribution in [1.29, 1.82) is 0 Å². The first-order valence-corrected chi connectivity index (χ1v) is 11.9. The van der Waals surface area contributed by atoms with E-state index in [0.29, 0.717) is 31.4 Å². The summed E-state index contributed by atoms with van der Waals surface area (Å²) in [4.78, 5) is 11.4. The molecule has 0 aliphatic carbocycles. The van der Waals surface area contributed by atoms with Gasteiger partial charge in [-0.2, -0.15) is 0 Å². The van der Waals surface area contributed by atoms with E-state index in [0.717, 1.165) is 44.1 Å². The monoisotopic (exact) mass is 413 g/mol. The van der Waals surface area contributed by atoms with Gasteiger partial charge in [0.25, 0.3) is 0 Å². The van der Waals surface area contributed by atoms with Gasteiger partial charge in [0, 0.05) is 6.54 Å². The summed E-state index contributed by atoms with van der Waals surface area (Å²) in [7, 11) is -1.92. The van der Waals surface area contributed by atoms with Crippen molar-refractivity contribution in [3.8, 4) is 0 Å². The number of nitrogens with one attached hydrogen (secondary N) is 1. The summed E-state index contributed by atoms with van der Waals surface area (Å²) >= 11 is 0. The van der Waals surface area contributed by atoms with Crippen LogP contribution in [-0.2, 0) is 21.2 Å². The highest BCUT2D eigenvalue weighted by Crippen LogP contribution is 2.10. The van der Waals surface area contributed by atoms with Crippen LogP contribution in [0.5, 0.6) is 0 Å². The van der Waals surface area contributed by atoms with E-state index in [2.05, 4.69) is 16.4 Å². The lowest BCUT2D eigenvalue weighted by atomic mass is 10.1. The van der Waals surface area contributed by atoms with Crippen molar-refractivity contribution in [2.24, 2.45) is 0 Å². The van der Waals surface area contributed by atoms with Gasteiger partial charge in [0.1, 0.15) is 0 Å². The lowest BCUT2D eigenvalue weighted by Crippen LogP contribution is -2.27. The summed E-state index contributed by atoms with van der Waals surface area (Å²) in [5.74, 6) is -0.268. The van der Waals surface area contributed by atoms with Crippen LogP contribution in [0, 0.1) is 0 Å². The van der Waals surface area contributed by atoms with Crippen LogP contribution in [0.25, 0.3) is 0 Å². The minimum atomic E-state index is -3.27. The van der Waals surface area contributed by atoms with E-state index in [-0.39, 0.29) is 17.8 Å². The fourth-order valence-electron chi connectivity index (χ4n) is 2.96. The number of aliphatic hydroxyl groups is 1. The maximum Gasteiger partial charge on any atom is 0.337 e. The number of carbonyl (C=O) groups excluding carboxylic acids is 1. The molecule has 0 saturated carbocycles. The Morgan fingerprint density at radius 2 is 1.71 bits per heavy atom. The molecule has 28 heavy (non-hydrogen) atoms. The van der Waals surface area contributed by atoms with E-state index >= 15 is 0 Å². The number of methoxy groups -OCH3 is 1. The Morgan fingerprint density at radius 3 is 2.32 bits per heavy atom. The molecule has 1 aromatic carbocycles. The second-order valence-corrected chi connectivity index (χ2v) is 9.08.